The molecule has 0 amide bonds. The molecule has 0 aromatic carbocycles. The third-order valence-corrected chi connectivity index (χ3v) is 2.11. The van der Waals surface area contributed by atoms with E-state index >= 15 is 0 Å². The molecule has 0 aliphatic rings. The Hall–Kier alpha value is -1.42. The molecule has 0 spiro atoms. The number of carbonyl (C=O) groups is 1. The van der Waals surface area contributed by atoms with E-state index in [1.807, 2.05) is 0 Å². The molecule has 11 heteroatoms. The van der Waals surface area contributed by atoms with Gasteiger partial charge in [0, 0.05) is 5.57 Å². The van der Waals surface area contributed by atoms with Crippen molar-refractivity contribution in [3.05, 3.63) is 11.6 Å². The van der Waals surface area contributed by atoms with Crippen LogP contribution < -0.4 is 0 Å². The summed E-state index contributed by atoms with van der Waals surface area (Å²) in [5, 5.41) is 8.17. The fourth-order valence-electron chi connectivity index (χ4n) is 1.11. The van der Waals surface area contributed by atoms with E-state index < -0.39 is 41.6 Å². The Morgan fingerprint density at radius 1 is 0.842 bits per heavy atom. The Morgan fingerprint density at radius 2 is 1.11 bits per heavy atom. The van der Waals surface area contributed by atoms with E-state index in [0.717, 1.165) is 0 Å². The Balaban J connectivity index is 6.46. The minimum absolute atomic E-state index is 0.195. The maximum Gasteiger partial charge on any atom is 0.415 e. The molecular weight excluding hydrogens is 299 g/mol. The van der Waals surface area contributed by atoms with E-state index in [9.17, 15) is 44.3 Å². The van der Waals surface area contributed by atoms with Crippen molar-refractivity contribution in [1.29, 1.82) is 0 Å². The Morgan fingerprint density at radius 3 is 1.26 bits per heavy atom. The lowest BCUT2D eigenvalue weighted by Crippen LogP contribution is -2.58. The average Bonchev–Trinajstić information content (AvgIpc) is 2.06. The smallest absolute Gasteiger partial charge is 0.415 e. The summed E-state index contributed by atoms with van der Waals surface area (Å²) in [5.74, 6) is -2.33. The van der Waals surface area contributed by atoms with Gasteiger partial charge in [-0.3, -0.25) is 0 Å². The van der Waals surface area contributed by atoms with Crippen LogP contribution in [-0.2, 0) is 4.79 Å². The quantitative estimate of drug-likeness (QED) is 0.624. The first-order chi connectivity index (χ1) is 8.08. The summed E-state index contributed by atoms with van der Waals surface area (Å²) in [7, 11) is 0. The molecule has 0 aromatic heterocycles. The molecule has 0 saturated heterocycles. The van der Waals surface area contributed by atoms with Gasteiger partial charge in [0.15, 0.2) is 0 Å². The molecular formula is C8H5F9O2. The van der Waals surface area contributed by atoms with E-state index in [1.54, 1.807) is 0 Å². The maximum atomic E-state index is 12.3. The molecule has 0 rings (SSSR count). The highest BCUT2D eigenvalue weighted by Crippen LogP contribution is 2.60. The number of carboxylic acid groups (broad SMARTS) is 1. The van der Waals surface area contributed by atoms with E-state index in [-0.39, 0.29) is 6.92 Å². The Bertz CT molecular complexity index is 348. The predicted molar refractivity (Wildman–Crippen MR) is 42.0 cm³/mol. The van der Waals surface area contributed by atoms with Crippen LogP contribution in [0.25, 0.3) is 0 Å². The van der Waals surface area contributed by atoms with Gasteiger partial charge < -0.3 is 5.11 Å². The molecule has 19 heavy (non-hydrogen) atoms. The van der Waals surface area contributed by atoms with Crippen LogP contribution in [0.1, 0.15) is 6.92 Å². The Labute approximate surface area is 99.0 Å². The number of rotatable bonds is 2. The van der Waals surface area contributed by atoms with Gasteiger partial charge in [0.2, 0.25) is 0 Å². The van der Waals surface area contributed by atoms with Crippen LogP contribution >= 0.6 is 0 Å². The van der Waals surface area contributed by atoms with Gasteiger partial charge >= 0.3 is 24.5 Å². The summed E-state index contributed by atoms with van der Waals surface area (Å²) in [5.41, 5.74) is -7.96. The van der Waals surface area contributed by atoms with Crippen LogP contribution in [0.5, 0.6) is 0 Å². The maximum absolute atomic E-state index is 12.3. The van der Waals surface area contributed by atoms with Crippen molar-refractivity contribution >= 4 is 5.97 Å². The second-order valence-corrected chi connectivity index (χ2v) is 3.43. The highest BCUT2D eigenvalue weighted by Gasteiger charge is 2.82. The van der Waals surface area contributed by atoms with Gasteiger partial charge in [0.05, 0.1) is 0 Å². The number of carboxylic acids is 1. The summed E-state index contributed by atoms with van der Waals surface area (Å²) >= 11 is 0. The molecule has 112 valence electrons. The fraction of sp³-hybridized carbons (Fsp3) is 0.625. The van der Waals surface area contributed by atoms with Gasteiger partial charge in [-0.15, -0.1) is 0 Å². The standard InChI is InChI=1S/C8H5F9O2/c1-3(4(18)19)2-5(6(9,10)11,7(12,13)14)8(15,16)17/h2H,1H3,(H,18,19)/b3-2+. The third kappa shape index (κ3) is 2.95. The second-order valence-electron chi connectivity index (χ2n) is 3.43. The van der Waals surface area contributed by atoms with E-state index in [2.05, 4.69) is 0 Å². The first-order valence-corrected chi connectivity index (χ1v) is 4.21. The van der Waals surface area contributed by atoms with Crippen LogP contribution in [0.15, 0.2) is 11.6 Å². The van der Waals surface area contributed by atoms with E-state index in [1.165, 1.54) is 0 Å². The molecule has 0 radical (unpaired) electrons. The minimum Gasteiger partial charge on any atom is -0.478 e. The van der Waals surface area contributed by atoms with Crippen molar-refractivity contribution < 1.29 is 49.4 Å². The van der Waals surface area contributed by atoms with Crippen LogP contribution in [0, 0.1) is 5.41 Å². The summed E-state index contributed by atoms with van der Waals surface area (Å²) in [6, 6.07) is 0. The normalized spacial score (nSPS) is 15.6. The molecule has 0 unspecified atom stereocenters. The lowest BCUT2D eigenvalue weighted by atomic mass is 9.83. The number of allylic oxidation sites excluding steroid dienone is 1. The number of alkyl halides is 9. The van der Waals surface area contributed by atoms with Crippen LogP contribution in [-0.4, -0.2) is 29.6 Å². The van der Waals surface area contributed by atoms with Gasteiger partial charge in [-0.25, -0.2) is 4.79 Å². The number of hydrogen-bond acceptors (Lipinski definition) is 1. The molecule has 0 aromatic rings. The average molecular weight is 304 g/mol. The SMILES string of the molecule is C/C(=C\C(C(F)(F)F)(C(F)(F)F)C(F)(F)F)C(=O)O. The molecule has 0 atom stereocenters. The number of aliphatic carboxylic acids is 1. The largest absolute Gasteiger partial charge is 0.478 e. The van der Waals surface area contributed by atoms with E-state index in [0.29, 0.717) is 0 Å². The number of hydrogen-bond donors (Lipinski definition) is 1. The lowest BCUT2D eigenvalue weighted by molar-refractivity contribution is -0.407. The van der Waals surface area contributed by atoms with Gasteiger partial charge in [-0.2, -0.15) is 39.5 Å². The second kappa shape index (κ2) is 4.60. The lowest BCUT2D eigenvalue weighted by Gasteiger charge is -2.36. The predicted octanol–water partition coefficient (Wildman–Crippen LogP) is 3.69. The monoisotopic (exact) mass is 304 g/mol. The Kier molecular flexibility index (Phi) is 4.26. The summed E-state index contributed by atoms with van der Waals surface area (Å²) in [6.07, 6.45) is -21.8. The molecule has 0 aliphatic carbocycles. The molecule has 0 fully saturated rings. The minimum atomic E-state index is -6.79. The van der Waals surface area contributed by atoms with Crippen LogP contribution in [0.3, 0.4) is 0 Å². The first-order valence-electron chi connectivity index (χ1n) is 4.21. The molecule has 0 saturated carbocycles. The summed E-state index contributed by atoms with van der Waals surface area (Å²) in [6.45, 7) is 0.195. The summed E-state index contributed by atoms with van der Waals surface area (Å²) in [4.78, 5) is 10.2. The molecule has 1 N–H and O–H groups in total. The van der Waals surface area contributed by atoms with E-state index in [4.69, 9.17) is 5.11 Å². The van der Waals surface area contributed by atoms with Crippen molar-refractivity contribution in [3.8, 4) is 0 Å². The zero-order valence-corrected chi connectivity index (χ0v) is 8.83. The summed E-state index contributed by atoms with van der Waals surface area (Å²) < 4.78 is 111. The zero-order chi connectivity index (χ0) is 15.9. The number of halogens is 9. The van der Waals surface area contributed by atoms with Crippen molar-refractivity contribution in [2.24, 2.45) is 5.41 Å². The van der Waals surface area contributed by atoms with Crippen LogP contribution in [0.4, 0.5) is 39.5 Å². The topological polar surface area (TPSA) is 37.3 Å². The fourth-order valence-corrected chi connectivity index (χ4v) is 1.11. The molecule has 0 bridgehead atoms. The highest BCUT2D eigenvalue weighted by atomic mass is 19.4. The van der Waals surface area contributed by atoms with Crippen molar-refractivity contribution in [2.75, 3.05) is 0 Å². The first kappa shape index (κ1) is 17.6. The van der Waals surface area contributed by atoms with Crippen molar-refractivity contribution in [2.45, 2.75) is 25.5 Å². The van der Waals surface area contributed by atoms with Crippen molar-refractivity contribution in [1.82, 2.24) is 0 Å². The highest BCUT2D eigenvalue weighted by molar-refractivity contribution is 5.86. The van der Waals surface area contributed by atoms with Crippen LogP contribution in [0.2, 0.25) is 0 Å². The molecule has 0 aliphatic heterocycles. The van der Waals surface area contributed by atoms with Gasteiger partial charge in [-0.05, 0) is 13.0 Å². The zero-order valence-electron chi connectivity index (χ0n) is 8.83. The molecule has 0 heterocycles. The van der Waals surface area contributed by atoms with Crippen molar-refractivity contribution in [3.63, 3.8) is 0 Å². The van der Waals surface area contributed by atoms with Gasteiger partial charge in [0.25, 0.3) is 5.41 Å². The van der Waals surface area contributed by atoms with Gasteiger partial charge in [-0.1, -0.05) is 0 Å². The molecule has 2 nitrogen and oxygen atoms in total. The van der Waals surface area contributed by atoms with Gasteiger partial charge in [0.1, 0.15) is 0 Å². The third-order valence-electron chi connectivity index (χ3n) is 2.11.